The van der Waals surface area contributed by atoms with Gasteiger partial charge in [0, 0.05) is 74.9 Å². The number of allylic oxidation sites excluding steroid dienone is 1. The van der Waals surface area contributed by atoms with Crippen LogP contribution in [0.4, 0.5) is 5.69 Å². The molecule has 0 bridgehead atoms. The van der Waals surface area contributed by atoms with E-state index in [4.69, 9.17) is 35.3 Å². The first-order chi connectivity index (χ1) is 32.9. The van der Waals surface area contributed by atoms with E-state index in [2.05, 4.69) is 76.2 Å². The van der Waals surface area contributed by atoms with E-state index in [9.17, 15) is 19.2 Å². The highest BCUT2D eigenvalue weighted by Crippen LogP contribution is 2.36. The van der Waals surface area contributed by atoms with E-state index in [-0.39, 0.29) is 24.1 Å². The Hall–Kier alpha value is -5.61. The number of nitrogens with zero attached hydrogens (tertiary/aromatic N) is 3. The van der Waals surface area contributed by atoms with E-state index in [1.807, 2.05) is 41.3 Å². The maximum absolute atomic E-state index is 13.0. The van der Waals surface area contributed by atoms with Gasteiger partial charge in [-0.3, -0.25) is 29.4 Å². The number of anilines is 1. The van der Waals surface area contributed by atoms with E-state index in [0.29, 0.717) is 110 Å². The number of hydrogen-bond donors (Lipinski definition) is 2. The van der Waals surface area contributed by atoms with Crippen molar-refractivity contribution in [3.05, 3.63) is 131 Å². The number of hydrogen-bond acceptors (Lipinski definition) is 11. The summed E-state index contributed by atoms with van der Waals surface area (Å²) in [6, 6.07) is 34.1. The monoisotopic (exact) mass is 935 g/mol. The lowest BCUT2D eigenvalue weighted by atomic mass is 9.88. The highest BCUT2D eigenvalue weighted by molar-refractivity contribution is 6.18. The molecule has 1 unspecified atom stereocenters. The molecule has 2 saturated heterocycles. The number of ether oxygens (including phenoxy) is 5. The second kappa shape index (κ2) is 26.1. The van der Waals surface area contributed by atoms with Crippen LogP contribution in [0.2, 0.25) is 0 Å². The van der Waals surface area contributed by atoms with Gasteiger partial charge in [-0.25, -0.2) is 0 Å². The van der Waals surface area contributed by atoms with Crippen molar-refractivity contribution in [1.29, 1.82) is 0 Å². The quantitative estimate of drug-likeness (QED) is 0.0325. The van der Waals surface area contributed by atoms with Crippen LogP contribution >= 0.6 is 11.6 Å². The van der Waals surface area contributed by atoms with Crippen molar-refractivity contribution >= 4 is 52.1 Å². The summed E-state index contributed by atoms with van der Waals surface area (Å²) in [7, 11) is 0. The van der Waals surface area contributed by atoms with E-state index >= 15 is 0 Å². The third-order valence-corrected chi connectivity index (χ3v) is 12.3. The molecular formula is C52H62ClN5O9. The average molecular weight is 937 g/mol. The van der Waals surface area contributed by atoms with Crippen LogP contribution in [0.5, 0.6) is 5.75 Å². The molecule has 14 nitrogen and oxygen atoms in total. The molecule has 67 heavy (non-hydrogen) atoms. The normalized spacial score (nSPS) is 16.7. The Bertz CT molecular complexity index is 2250. The fourth-order valence-corrected chi connectivity index (χ4v) is 8.78. The number of nitrogens with one attached hydrogen (secondary N) is 2. The van der Waals surface area contributed by atoms with Crippen LogP contribution in [0, 0.1) is 0 Å². The molecule has 0 spiro atoms. The summed E-state index contributed by atoms with van der Waals surface area (Å²) in [5, 5.41) is 5.67. The second-order valence-corrected chi connectivity index (χ2v) is 16.9. The van der Waals surface area contributed by atoms with Gasteiger partial charge in [-0.1, -0.05) is 78.9 Å². The molecule has 3 aliphatic rings. The summed E-state index contributed by atoms with van der Waals surface area (Å²) in [6.07, 6.45) is 1.64. The van der Waals surface area contributed by atoms with Crippen LogP contribution in [0.1, 0.15) is 58.3 Å². The van der Waals surface area contributed by atoms with E-state index in [1.165, 1.54) is 16.7 Å². The standard InChI is InChI=1S/C52H62ClN5O9/c53-22-20-43(39-8-3-1-4-9-39)50(40-10-5-2-6-11-40)41-14-16-42(17-15-41)67-31-28-56-24-26-57(27-25-56)49(60)21-29-63-32-34-65-36-37-66-35-33-64-30-23-54-46-13-7-12-44-45(46)38-58(52(44)62)47-18-19-48(59)55-51(47)61/h1-17,47,54H,18-38H2,(H,55,59,61)/b50-43-. The molecule has 0 aliphatic carbocycles. The van der Waals surface area contributed by atoms with Gasteiger partial charge in [-0.2, -0.15) is 0 Å². The van der Waals surface area contributed by atoms with Crippen LogP contribution in [0.25, 0.3) is 11.1 Å². The minimum atomic E-state index is -0.647. The summed E-state index contributed by atoms with van der Waals surface area (Å²) >= 11 is 6.33. The third kappa shape index (κ3) is 14.2. The SMILES string of the molecule is O=C1CCC(N2Cc3c(NCCOCCOCCOCCOCCC(=O)N4CCN(CCOc5ccc(/C(=C(/CCCl)c6ccccc6)c6ccccc6)cc5)CC4)cccc3C2=O)C(=O)N1. The Morgan fingerprint density at radius 3 is 1.96 bits per heavy atom. The molecule has 0 saturated carbocycles. The number of piperidine rings is 1. The molecule has 4 aromatic rings. The first kappa shape index (κ1) is 49.3. The number of amides is 4. The van der Waals surface area contributed by atoms with E-state index in [1.54, 1.807) is 11.0 Å². The Morgan fingerprint density at radius 2 is 1.30 bits per heavy atom. The molecule has 15 heteroatoms. The molecule has 1 atom stereocenters. The lowest BCUT2D eigenvalue weighted by molar-refractivity contribution is -0.137. The van der Waals surface area contributed by atoms with E-state index in [0.717, 1.165) is 54.2 Å². The highest BCUT2D eigenvalue weighted by atomic mass is 35.5. The number of alkyl halides is 1. The molecule has 3 heterocycles. The first-order valence-electron chi connectivity index (χ1n) is 23.3. The van der Waals surface area contributed by atoms with Gasteiger partial charge in [0.15, 0.2) is 0 Å². The fraction of sp³-hybridized carbons (Fsp3) is 0.423. The first-order valence-corrected chi connectivity index (χ1v) is 23.9. The zero-order valence-corrected chi connectivity index (χ0v) is 38.9. The molecule has 0 aromatic heterocycles. The van der Waals surface area contributed by atoms with Crippen molar-refractivity contribution in [2.45, 2.75) is 38.3 Å². The Labute approximate surface area is 398 Å². The van der Waals surface area contributed by atoms with Crippen molar-refractivity contribution in [1.82, 2.24) is 20.0 Å². The van der Waals surface area contributed by atoms with Crippen molar-refractivity contribution in [3.8, 4) is 5.75 Å². The number of carbonyl (C=O) groups excluding carboxylic acids is 4. The fourth-order valence-electron chi connectivity index (χ4n) is 8.59. The molecule has 2 fully saturated rings. The summed E-state index contributed by atoms with van der Waals surface area (Å²) in [6.45, 7) is 8.50. The molecule has 0 radical (unpaired) electrons. The average Bonchev–Trinajstić information content (AvgIpc) is 3.69. The predicted molar refractivity (Wildman–Crippen MR) is 258 cm³/mol. The van der Waals surface area contributed by atoms with Crippen molar-refractivity contribution in [2.24, 2.45) is 0 Å². The number of rotatable bonds is 26. The van der Waals surface area contributed by atoms with Crippen LogP contribution in [-0.2, 0) is 39.9 Å². The zero-order chi connectivity index (χ0) is 46.6. The van der Waals surface area contributed by atoms with Gasteiger partial charge in [0.05, 0.1) is 59.3 Å². The highest BCUT2D eigenvalue weighted by Gasteiger charge is 2.39. The minimum Gasteiger partial charge on any atom is -0.492 e. The summed E-state index contributed by atoms with van der Waals surface area (Å²) in [5.41, 5.74) is 8.05. The van der Waals surface area contributed by atoms with Crippen molar-refractivity contribution < 1.29 is 42.9 Å². The Morgan fingerprint density at radius 1 is 0.672 bits per heavy atom. The molecule has 7 rings (SSSR count). The van der Waals surface area contributed by atoms with Gasteiger partial charge in [0.2, 0.25) is 17.7 Å². The zero-order valence-electron chi connectivity index (χ0n) is 38.1. The largest absolute Gasteiger partial charge is 0.492 e. The van der Waals surface area contributed by atoms with Gasteiger partial charge in [-0.15, -0.1) is 11.6 Å². The number of fused-ring (bicyclic) bond motifs is 1. The van der Waals surface area contributed by atoms with Gasteiger partial charge in [0.25, 0.3) is 5.91 Å². The summed E-state index contributed by atoms with van der Waals surface area (Å²) < 4.78 is 28.7. The van der Waals surface area contributed by atoms with Crippen LogP contribution < -0.4 is 15.4 Å². The van der Waals surface area contributed by atoms with Gasteiger partial charge in [-0.05, 0) is 64.9 Å². The number of imide groups is 1. The number of benzene rings is 4. The molecule has 2 N–H and O–H groups in total. The molecule has 3 aliphatic heterocycles. The van der Waals surface area contributed by atoms with Crippen LogP contribution in [-0.4, -0.2) is 149 Å². The summed E-state index contributed by atoms with van der Waals surface area (Å²) in [4.78, 5) is 55.6. The topological polar surface area (TPSA) is 148 Å². The van der Waals surface area contributed by atoms with E-state index < -0.39 is 11.9 Å². The maximum atomic E-state index is 13.0. The minimum absolute atomic E-state index is 0.104. The maximum Gasteiger partial charge on any atom is 0.255 e. The number of carbonyl (C=O) groups is 4. The second-order valence-electron chi connectivity index (χ2n) is 16.5. The lowest BCUT2D eigenvalue weighted by Crippen LogP contribution is -2.52. The van der Waals surface area contributed by atoms with Crippen molar-refractivity contribution in [3.63, 3.8) is 0 Å². The molecule has 4 amide bonds. The summed E-state index contributed by atoms with van der Waals surface area (Å²) in [5.74, 6) is 0.525. The van der Waals surface area contributed by atoms with Crippen LogP contribution in [0.15, 0.2) is 103 Å². The molecular weight excluding hydrogens is 874 g/mol. The van der Waals surface area contributed by atoms with Gasteiger partial charge >= 0.3 is 0 Å². The lowest BCUT2D eigenvalue weighted by Gasteiger charge is -2.34. The predicted octanol–water partition coefficient (Wildman–Crippen LogP) is 6.13. The van der Waals surface area contributed by atoms with Gasteiger partial charge < -0.3 is 38.8 Å². The smallest absolute Gasteiger partial charge is 0.255 e. The Balaban J connectivity index is 0.685. The molecule has 356 valence electrons. The molecule has 4 aromatic carbocycles. The van der Waals surface area contributed by atoms with Crippen LogP contribution in [0.3, 0.4) is 0 Å². The van der Waals surface area contributed by atoms with Gasteiger partial charge in [0.1, 0.15) is 18.4 Å². The van der Waals surface area contributed by atoms with Crippen molar-refractivity contribution in [2.75, 3.05) is 110 Å². The number of halogens is 1. The Kier molecular flexibility index (Phi) is 19.2. The third-order valence-electron chi connectivity index (χ3n) is 12.1. The number of piperazine rings is 1.